The van der Waals surface area contributed by atoms with E-state index in [1.807, 2.05) is 30.3 Å². The summed E-state index contributed by atoms with van der Waals surface area (Å²) in [6, 6.07) is 12.5. The molecule has 2 heterocycles. The summed E-state index contributed by atoms with van der Waals surface area (Å²) in [4.78, 5) is 31.3. The fourth-order valence-corrected chi connectivity index (χ4v) is 3.76. The number of hydrogen-bond acceptors (Lipinski definition) is 8. The molecule has 0 aliphatic rings. The maximum Gasteiger partial charge on any atom is 0.329 e. The van der Waals surface area contributed by atoms with Crippen molar-refractivity contribution in [3.8, 4) is 17.2 Å². The van der Waals surface area contributed by atoms with Gasteiger partial charge in [-0.3, -0.25) is 18.9 Å². The number of phenols is 1. The van der Waals surface area contributed by atoms with Gasteiger partial charge in [0, 0.05) is 7.05 Å². The zero-order valence-corrected chi connectivity index (χ0v) is 19.9. The standard InChI is InChI=1S/C22H21BrN6O5/c1-28-19-17(20(31)26-22(28)32)29(8-9-34-14-6-4-3-5-7-14)21(25-19)27-24-12-13-10-15(23)18(30)16(11-13)33-2/h3-7,10-12,30H,8-9H2,1-2H3,(H,25,27)(H,26,31,32)/b24-12-. The van der Waals surface area contributed by atoms with E-state index in [4.69, 9.17) is 9.47 Å². The second-order valence-corrected chi connectivity index (χ2v) is 8.02. The fourth-order valence-electron chi connectivity index (χ4n) is 3.30. The van der Waals surface area contributed by atoms with Crippen molar-refractivity contribution < 1.29 is 14.6 Å². The third kappa shape index (κ3) is 4.66. The van der Waals surface area contributed by atoms with Crippen LogP contribution in [0.25, 0.3) is 11.2 Å². The number of H-pyrrole nitrogens is 1. The largest absolute Gasteiger partial charge is 0.503 e. The van der Waals surface area contributed by atoms with Crippen molar-refractivity contribution in [1.29, 1.82) is 0 Å². The predicted octanol–water partition coefficient (Wildman–Crippen LogP) is 2.43. The van der Waals surface area contributed by atoms with Gasteiger partial charge in [-0.05, 0) is 45.8 Å². The van der Waals surface area contributed by atoms with Crippen LogP contribution >= 0.6 is 15.9 Å². The molecule has 4 aromatic rings. The molecular formula is C22H21BrN6O5. The van der Waals surface area contributed by atoms with Crippen LogP contribution in [-0.2, 0) is 13.6 Å². The van der Waals surface area contributed by atoms with Crippen LogP contribution in [-0.4, -0.2) is 44.1 Å². The molecule has 0 saturated heterocycles. The summed E-state index contributed by atoms with van der Waals surface area (Å²) in [5, 5.41) is 14.2. The zero-order chi connectivity index (χ0) is 24.2. The van der Waals surface area contributed by atoms with Crippen LogP contribution in [0.5, 0.6) is 17.2 Å². The number of hydrogen-bond donors (Lipinski definition) is 3. The minimum absolute atomic E-state index is 0.0204. The Labute approximate surface area is 201 Å². The van der Waals surface area contributed by atoms with Gasteiger partial charge >= 0.3 is 5.69 Å². The first kappa shape index (κ1) is 23.1. The number of aromatic amines is 1. The van der Waals surface area contributed by atoms with Crippen LogP contribution in [0.4, 0.5) is 5.95 Å². The minimum atomic E-state index is -0.571. The van der Waals surface area contributed by atoms with E-state index in [-0.39, 0.29) is 41.8 Å². The molecule has 2 aromatic carbocycles. The van der Waals surface area contributed by atoms with E-state index < -0.39 is 11.2 Å². The highest BCUT2D eigenvalue weighted by atomic mass is 79.9. The van der Waals surface area contributed by atoms with Crippen molar-refractivity contribution in [2.24, 2.45) is 12.1 Å². The molecule has 0 saturated carbocycles. The number of anilines is 1. The van der Waals surface area contributed by atoms with Crippen LogP contribution in [0.2, 0.25) is 0 Å². The van der Waals surface area contributed by atoms with E-state index in [9.17, 15) is 14.7 Å². The highest BCUT2D eigenvalue weighted by Crippen LogP contribution is 2.34. The summed E-state index contributed by atoms with van der Waals surface area (Å²) in [5.41, 5.74) is 2.75. The molecule has 0 radical (unpaired) electrons. The second-order valence-electron chi connectivity index (χ2n) is 7.16. The van der Waals surface area contributed by atoms with Crippen LogP contribution in [0.1, 0.15) is 5.56 Å². The molecule has 4 rings (SSSR count). The number of phenolic OH excluding ortho intramolecular Hbond substituents is 1. The molecular weight excluding hydrogens is 508 g/mol. The van der Waals surface area contributed by atoms with Crippen LogP contribution in [0, 0.1) is 0 Å². The monoisotopic (exact) mass is 528 g/mol. The maximum absolute atomic E-state index is 12.6. The van der Waals surface area contributed by atoms with E-state index in [2.05, 4.69) is 36.4 Å². The Bertz CT molecular complexity index is 1480. The Morgan fingerprint density at radius 2 is 2.03 bits per heavy atom. The lowest BCUT2D eigenvalue weighted by molar-refractivity contribution is 0.301. The van der Waals surface area contributed by atoms with Gasteiger partial charge in [-0.25, -0.2) is 10.2 Å². The summed E-state index contributed by atoms with van der Waals surface area (Å²) in [5.74, 6) is 1.20. The highest BCUT2D eigenvalue weighted by Gasteiger charge is 2.17. The lowest BCUT2D eigenvalue weighted by atomic mass is 10.2. The number of benzene rings is 2. The molecule has 2 aromatic heterocycles. The Balaban J connectivity index is 1.65. The molecule has 0 amide bonds. The summed E-state index contributed by atoms with van der Waals surface area (Å²) < 4.78 is 14.2. The number of para-hydroxylation sites is 1. The molecule has 0 bridgehead atoms. The summed E-state index contributed by atoms with van der Waals surface area (Å²) in [7, 11) is 2.97. The van der Waals surface area contributed by atoms with Gasteiger partial charge in [-0.1, -0.05) is 18.2 Å². The SMILES string of the molecule is COc1cc(/C=N\Nc2nc3c(c(=O)[nH]c(=O)n3C)n2CCOc2ccccc2)cc(Br)c1O. The number of ether oxygens (including phenoxy) is 2. The molecule has 0 atom stereocenters. The highest BCUT2D eigenvalue weighted by molar-refractivity contribution is 9.10. The van der Waals surface area contributed by atoms with Gasteiger partial charge in [0.1, 0.15) is 12.4 Å². The number of nitrogens with zero attached hydrogens (tertiary/aromatic N) is 4. The molecule has 0 aliphatic carbocycles. The number of hydrazone groups is 1. The lowest BCUT2D eigenvalue weighted by Gasteiger charge is -2.10. The predicted molar refractivity (Wildman–Crippen MR) is 131 cm³/mol. The van der Waals surface area contributed by atoms with Crippen molar-refractivity contribution in [1.82, 2.24) is 19.1 Å². The van der Waals surface area contributed by atoms with Crippen LogP contribution < -0.4 is 26.1 Å². The number of methoxy groups -OCH3 is 1. The Morgan fingerprint density at radius 3 is 2.76 bits per heavy atom. The molecule has 34 heavy (non-hydrogen) atoms. The van der Waals surface area contributed by atoms with Crippen LogP contribution in [0.3, 0.4) is 0 Å². The van der Waals surface area contributed by atoms with E-state index in [0.717, 1.165) is 0 Å². The number of halogens is 1. The van der Waals surface area contributed by atoms with Crippen molar-refractivity contribution in [2.45, 2.75) is 6.54 Å². The summed E-state index contributed by atoms with van der Waals surface area (Å²) in [6.07, 6.45) is 1.50. The number of aromatic nitrogens is 4. The molecule has 0 spiro atoms. The van der Waals surface area contributed by atoms with Crippen molar-refractivity contribution >= 4 is 39.3 Å². The quantitative estimate of drug-likeness (QED) is 0.236. The van der Waals surface area contributed by atoms with Gasteiger partial charge in [-0.2, -0.15) is 10.1 Å². The first-order chi connectivity index (χ1) is 16.4. The maximum atomic E-state index is 12.6. The number of rotatable bonds is 8. The smallest absolute Gasteiger partial charge is 0.329 e. The third-order valence-corrected chi connectivity index (χ3v) is 5.59. The Kier molecular flexibility index (Phi) is 6.68. The Morgan fingerprint density at radius 1 is 1.26 bits per heavy atom. The average molecular weight is 529 g/mol. The number of nitrogens with one attached hydrogen (secondary N) is 2. The normalized spacial score (nSPS) is 11.3. The molecule has 11 nitrogen and oxygen atoms in total. The van der Waals surface area contributed by atoms with Gasteiger partial charge < -0.3 is 14.6 Å². The van der Waals surface area contributed by atoms with Gasteiger partial charge in [0.2, 0.25) is 5.95 Å². The number of fused-ring (bicyclic) bond motifs is 1. The van der Waals surface area contributed by atoms with Gasteiger partial charge in [0.15, 0.2) is 22.7 Å². The average Bonchev–Trinajstić information content (AvgIpc) is 3.19. The summed E-state index contributed by atoms with van der Waals surface area (Å²) >= 11 is 3.27. The molecule has 3 N–H and O–H groups in total. The number of aryl methyl sites for hydroxylation is 1. The second kappa shape index (κ2) is 9.83. The molecule has 0 aliphatic heterocycles. The van der Waals surface area contributed by atoms with E-state index in [1.165, 1.54) is 24.9 Å². The summed E-state index contributed by atoms with van der Waals surface area (Å²) in [6.45, 7) is 0.515. The first-order valence-corrected chi connectivity index (χ1v) is 10.9. The molecule has 0 fully saturated rings. The number of aromatic hydroxyl groups is 1. The van der Waals surface area contributed by atoms with Crippen molar-refractivity contribution in [3.63, 3.8) is 0 Å². The third-order valence-electron chi connectivity index (χ3n) is 4.98. The zero-order valence-electron chi connectivity index (χ0n) is 18.3. The van der Waals surface area contributed by atoms with Crippen LogP contribution in [0.15, 0.2) is 61.6 Å². The molecule has 12 heteroatoms. The van der Waals surface area contributed by atoms with Gasteiger partial charge in [0.05, 0.1) is 24.3 Å². The minimum Gasteiger partial charge on any atom is -0.503 e. The molecule has 176 valence electrons. The Hall–Kier alpha value is -4.06. The lowest BCUT2D eigenvalue weighted by Crippen LogP contribution is -2.29. The van der Waals surface area contributed by atoms with E-state index in [0.29, 0.717) is 15.8 Å². The first-order valence-electron chi connectivity index (χ1n) is 10.1. The van der Waals surface area contributed by atoms with Gasteiger partial charge in [-0.15, -0.1) is 0 Å². The van der Waals surface area contributed by atoms with E-state index in [1.54, 1.807) is 16.7 Å². The van der Waals surface area contributed by atoms with E-state index >= 15 is 0 Å². The molecule has 0 unspecified atom stereocenters. The fraction of sp³-hybridized carbons (Fsp3) is 0.182. The van der Waals surface area contributed by atoms with Crippen molar-refractivity contribution in [3.05, 3.63) is 73.3 Å². The van der Waals surface area contributed by atoms with Gasteiger partial charge in [0.25, 0.3) is 5.56 Å². The topological polar surface area (TPSA) is 136 Å². The van der Waals surface area contributed by atoms with Crippen molar-refractivity contribution in [2.75, 3.05) is 19.1 Å². The number of imidazole rings is 1.